The molecule has 29 heavy (non-hydrogen) atoms. The molecular weight excluding hydrogens is 392 g/mol. The predicted molar refractivity (Wildman–Crippen MR) is 108 cm³/mol. The maximum absolute atomic E-state index is 13.1. The predicted octanol–water partition coefficient (Wildman–Crippen LogP) is 5.05. The molecule has 0 amide bonds. The van der Waals surface area contributed by atoms with Gasteiger partial charge in [-0.15, -0.1) is 0 Å². The lowest BCUT2D eigenvalue weighted by atomic mass is 9.99. The van der Waals surface area contributed by atoms with E-state index in [2.05, 4.69) is 0 Å². The number of esters is 2. The summed E-state index contributed by atoms with van der Waals surface area (Å²) in [5.41, 5.74) is 0.914. The highest BCUT2D eigenvalue weighted by Crippen LogP contribution is 2.27. The van der Waals surface area contributed by atoms with Crippen molar-refractivity contribution in [2.45, 2.75) is 13.0 Å². The Morgan fingerprint density at radius 2 is 1.45 bits per heavy atom. The van der Waals surface area contributed by atoms with Crippen LogP contribution in [0.4, 0.5) is 0 Å². The lowest BCUT2D eigenvalue weighted by Crippen LogP contribution is -2.21. The van der Waals surface area contributed by atoms with Gasteiger partial charge >= 0.3 is 11.9 Å². The van der Waals surface area contributed by atoms with Gasteiger partial charge in [0.2, 0.25) is 5.78 Å². The van der Waals surface area contributed by atoms with Gasteiger partial charge in [-0.05, 0) is 24.3 Å². The number of benzene rings is 3. The van der Waals surface area contributed by atoms with Gasteiger partial charge in [0.25, 0.3) is 0 Å². The largest absolute Gasteiger partial charge is 0.445 e. The van der Waals surface area contributed by atoms with E-state index in [1.165, 1.54) is 19.1 Å². The first-order chi connectivity index (χ1) is 14.0. The summed E-state index contributed by atoms with van der Waals surface area (Å²) in [5.74, 6) is -1.68. The Morgan fingerprint density at radius 1 is 0.828 bits per heavy atom. The van der Waals surface area contributed by atoms with Crippen LogP contribution in [0.5, 0.6) is 5.75 Å². The number of Topliss-reactive ketones (excluding diaryl/α,β-unsaturated/α-hetero) is 1. The van der Waals surface area contributed by atoms with Gasteiger partial charge in [-0.2, -0.15) is 0 Å². The first-order valence-electron chi connectivity index (χ1n) is 8.79. The number of carbonyl (C=O) groups excluding carboxylic acids is 3. The van der Waals surface area contributed by atoms with E-state index in [0.717, 1.165) is 0 Å². The average molecular weight is 409 g/mol. The van der Waals surface area contributed by atoms with Gasteiger partial charge in [0.05, 0.1) is 0 Å². The Balaban J connectivity index is 1.95. The smallest absolute Gasteiger partial charge is 0.343 e. The first-order valence-corrected chi connectivity index (χ1v) is 9.16. The molecule has 0 aliphatic rings. The molecule has 3 aromatic rings. The molecule has 0 aromatic heterocycles. The summed E-state index contributed by atoms with van der Waals surface area (Å²) in [6, 6.07) is 21.2. The monoisotopic (exact) mass is 408 g/mol. The topological polar surface area (TPSA) is 69.7 Å². The maximum Gasteiger partial charge on any atom is 0.343 e. The number of ether oxygens (including phenoxy) is 2. The van der Waals surface area contributed by atoms with Crippen LogP contribution in [0.2, 0.25) is 5.02 Å². The zero-order valence-corrected chi connectivity index (χ0v) is 16.3. The third kappa shape index (κ3) is 5.09. The van der Waals surface area contributed by atoms with Gasteiger partial charge in [0, 0.05) is 23.1 Å². The Hall–Kier alpha value is -3.44. The number of ketones is 1. The van der Waals surface area contributed by atoms with Gasteiger partial charge in [-0.1, -0.05) is 66.2 Å². The summed E-state index contributed by atoms with van der Waals surface area (Å²) in [7, 11) is 0. The van der Waals surface area contributed by atoms with Crippen molar-refractivity contribution in [1.29, 1.82) is 0 Å². The van der Waals surface area contributed by atoms with Crippen molar-refractivity contribution in [3.8, 4) is 5.75 Å². The van der Waals surface area contributed by atoms with E-state index in [0.29, 0.717) is 16.1 Å². The molecule has 0 fully saturated rings. The van der Waals surface area contributed by atoms with Crippen LogP contribution in [0.15, 0.2) is 78.9 Å². The lowest BCUT2D eigenvalue weighted by molar-refractivity contribution is -0.131. The third-order valence-electron chi connectivity index (χ3n) is 4.05. The normalized spacial score (nSPS) is 11.4. The maximum atomic E-state index is 13.1. The minimum absolute atomic E-state index is 0.0440. The standard InChI is InChI=1S/C23H17ClO5/c1-15(25)28-20-10-6-5-9-19(20)23(27)29-22(17-11-13-18(24)14-12-17)21(26)16-7-3-2-4-8-16/h2-14,22H,1H3/t22-/m0/s1. The molecule has 0 aliphatic heterocycles. The van der Waals surface area contributed by atoms with E-state index in [9.17, 15) is 14.4 Å². The quantitative estimate of drug-likeness (QED) is 0.324. The molecule has 3 rings (SSSR count). The fourth-order valence-electron chi connectivity index (χ4n) is 2.71. The molecule has 6 heteroatoms. The molecule has 0 aliphatic carbocycles. The Labute approximate surface area is 172 Å². The van der Waals surface area contributed by atoms with Crippen molar-refractivity contribution in [3.05, 3.63) is 101 Å². The van der Waals surface area contributed by atoms with E-state index in [-0.39, 0.29) is 17.1 Å². The summed E-state index contributed by atoms with van der Waals surface area (Å²) in [6.45, 7) is 1.23. The van der Waals surface area contributed by atoms with Crippen LogP contribution in [0, 0.1) is 0 Å². The molecule has 0 spiro atoms. The second kappa shape index (κ2) is 9.17. The zero-order chi connectivity index (χ0) is 20.8. The summed E-state index contributed by atoms with van der Waals surface area (Å²) >= 11 is 5.94. The van der Waals surface area contributed by atoms with Gasteiger partial charge < -0.3 is 9.47 Å². The first kappa shape index (κ1) is 20.3. The summed E-state index contributed by atoms with van der Waals surface area (Å²) in [6.07, 6.45) is -1.19. The summed E-state index contributed by atoms with van der Waals surface area (Å²) < 4.78 is 10.7. The fraction of sp³-hybridized carbons (Fsp3) is 0.0870. The molecule has 0 bridgehead atoms. The van der Waals surface area contributed by atoms with Crippen molar-refractivity contribution in [2.75, 3.05) is 0 Å². The van der Waals surface area contributed by atoms with Crippen molar-refractivity contribution in [2.24, 2.45) is 0 Å². The van der Waals surface area contributed by atoms with E-state index < -0.39 is 18.0 Å². The number of carbonyl (C=O) groups is 3. The van der Waals surface area contributed by atoms with Gasteiger partial charge in [0.15, 0.2) is 6.10 Å². The van der Waals surface area contributed by atoms with Crippen LogP contribution in [0.1, 0.15) is 39.3 Å². The zero-order valence-electron chi connectivity index (χ0n) is 15.5. The number of hydrogen-bond donors (Lipinski definition) is 0. The molecule has 0 saturated carbocycles. The molecule has 5 nitrogen and oxygen atoms in total. The summed E-state index contributed by atoms with van der Waals surface area (Å²) in [5, 5.41) is 0.492. The molecular formula is C23H17ClO5. The highest BCUT2D eigenvalue weighted by atomic mass is 35.5. The van der Waals surface area contributed by atoms with Crippen molar-refractivity contribution >= 4 is 29.3 Å². The Morgan fingerprint density at radius 3 is 2.10 bits per heavy atom. The number of rotatable bonds is 6. The van der Waals surface area contributed by atoms with Crippen molar-refractivity contribution < 1.29 is 23.9 Å². The molecule has 3 aromatic carbocycles. The van der Waals surface area contributed by atoms with Crippen molar-refractivity contribution in [1.82, 2.24) is 0 Å². The van der Waals surface area contributed by atoms with Crippen LogP contribution >= 0.6 is 11.6 Å². The molecule has 1 atom stereocenters. The highest BCUT2D eigenvalue weighted by Gasteiger charge is 2.28. The van der Waals surface area contributed by atoms with E-state index in [1.807, 2.05) is 0 Å². The average Bonchev–Trinajstić information content (AvgIpc) is 2.73. The minimum atomic E-state index is -1.19. The highest BCUT2D eigenvalue weighted by molar-refractivity contribution is 6.30. The second-order valence-electron chi connectivity index (χ2n) is 6.16. The van der Waals surface area contributed by atoms with Gasteiger partial charge in [-0.25, -0.2) is 4.79 Å². The Bertz CT molecular complexity index is 1030. The molecule has 0 saturated heterocycles. The van der Waals surface area contributed by atoms with Crippen LogP contribution in [0.3, 0.4) is 0 Å². The number of halogens is 1. The third-order valence-corrected chi connectivity index (χ3v) is 4.31. The lowest BCUT2D eigenvalue weighted by Gasteiger charge is -2.18. The molecule has 0 unspecified atom stereocenters. The SMILES string of the molecule is CC(=O)Oc1ccccc1C(=O)O[C@H](C(=O)c1ccccc1)c1ccc(Cl)cc1. The van der Waals surface area contributed by atoms with Crippen LogP contribution in [-0.2, 0) is 9.53 Å². The van der Waals surface area contributed by atoms with Crippen LogP contribution in [0.25, 0.3) is 0 Å². The van der Waals surface area contributed by atoms with E-state index in [1.54, 1.807) is 66.7 Å². The molecule has 0 N–H and O–H groups in total. The number of para-hydroxylation sites is 1. The van der Waals surface area contributed by atoms with Crippen LogP contribution in [-0.4, -0.2) is 17.7 Å². The minimum Gasteiger partial charge on any atom is -0.445 e. The van der Waals surface area contributed by atoms with Gasteiger partial charge in [0.1, 0.15) is 11.3 Å². The van der Waals surface area contributed by atoms with E-state index >= 15 is 0 Å². The summed E-state index contributed by atoms with van der Waals surface area (Å²) in [4.78, 5) is 37.2. The second-order valence-corrected chi connectivity index (χ2v) is 6.59. The van der Waals surface area contributed by atoms with E-state index in [4.69, 9.17) is 21.1 Å². The number of hydrogen-bond acceptors (Lipinski definition) is 5. The fourth-order valence-corrected chi connectivity index (χ4v) is 2.84. The van der Waals surface area contributed by atoms with Crippen molar-refractivity contribution in [3.63, 3.8) is 0 Å². The molecule has 0 heterocycles. The molecule has 146 valence electrons. The molecule has 0 radical (unpaired) electrons. The van der Waals surface area contributed by atoms with Crippen LogP contribution < -0.4 is 4.74 Å². The Kier molecular flexibility index (Phi) is 6.42. The van der Waals surface area contributed by atoms with Gasteiger partial charge in [-0.3, -0.25) is 9.59 Å².